The molecule has 0 bridgehead atoms. The van der Waals surface area contributed by atoms with Crippen molar-refractivity contribution in [1.82, 2.24) is 0 Å². The van der Waals surface area contributed by atoms with Crippen molar-refractivity contribution in [2.75, 3.05) is 0 Å². The van der Waals surface area contributed by atoms with Crippen molar-refractivity contribution < 1.29 is 4.74 Å². The second kappa shape index (κ2) is 5.54. The van der Waals surface area contributed by atoms with E-state index < -0.39 is 0 Å². The largest absolute Gasteiger partial charge is 0.457 e. The van der Waals surface area contributed by atoms with E-state index in [4.69, 9.17) is 4.74 Å². The zero-order valence-corrected chi connectivity index (χ0v) is 12.1. The lowest BCUT2D eigenvalue weighted by molar-refractivity contribution is 0.481. The first-order chi connectivity index (χ1) is 8.15. The van der Waals surface area contributed by atoms with Crippen LogP contribution in [-0.2, 0) is 0 Å². The molecule has 2 aromatic rings. The van der Waals surface area contributed by atoms with Gasteiger partial charge in [-0.25, -0.2) is 0 Å². The van der Waals surface area contributed by atoms with Crippen LogP contribution in [0.15, 0.2) is 48.5 Å². The van der Waals surface area contributed by atoms with Crippen molar-refractivity contribution >= 4 is 22.6 Å². The van der Waals surface area contributed by atoms with Gasteiger partial charge in [-0.2, -0.15) is 0 Å². The molecule has 0 aromatic heterocycles. The van der Waals surface area contributed by atoms with Gasteiger partial charge < -0.3 is 4.74 Å². The summed E-state index contributed by atoms with van der Waals surface area (Å²) in [6.07, 6.45) is 0. The fourth-order valence-electron chi connectivity index (χ4n) is 1.60. The lowest BCUT2D eigenvalue weighted by Crippen LogP contribution is -1.89. The predicted molar refractivity (Wildman–Crippen MR) is 79.8 cm³/mol. The molecular weight excluding hydrogens is 323 g/mol. The monoisotopic (exact) mass is 338 g/mol. The fraction of sp³-hybridized carbons (Fsp3) is 0.200. The molecule has 2 aromatic carbocycles. The molecule has 0 fully saturated rings. The normalized spacial score (nSPS) is 10.6. The van der Waals surface area contributed by atoms with E-state index in [9.17, 15) is 0 Å². The lowest BCUT2D eigenvalue weighted by Gasteiger charge is -2.09. The molecule has 0 aliphatic rings. The Hall–Kier alpha value is -1.03. The van der Waals surface area contributed by atoms with Crippen LogP contribution in [0.1, 0.15) is 25.3 Å². The molecule has 0 saturated carbocycles. The highest BCUT2D eigenvalue weighted by Gasteiger charge is 2.02. The van der Waals surface area contributed by atoms with Gasteiger partial charge in [0, 0.05) is 3.57 Å². The summed E-state index contributed by atoms with van der Waals surface area (Å²) in [5.41, 5.74) is 1.30. The van der Waals surface area contributed by atoms with Crippen LogP contribution in [-0.4, -0.2) is 0 Å². The predicted octanol–water partition coefficient (Wildman–Crippen LogP) is 5.21. The zero-order valence-electron chi connectivity index (χ0n) is 9.98. The topological polar surface area (TPSA) is 9.23 Å². The first-order valence-corrected chi connectivity index (χ1v) is 6.76. The van der Waals surface area contributed by atoms with E-state index in [1.54, 1.807) is 0 Å². The average Bonchev–Trinajstić information content (AvgIpc) is 2.29. The number of hydrogen-bond donors (Lipinski definition) is 0. The summed E-state index contributed by atoms with van der Waals surface area (Å²) in [6.45, 7) is 4.37. The fourth-order valence-corrected chi connectivity index (χ4v) is 2.12. The third-order valence-electron chi connectivity index (χ3n) is 2.56. The minimum absolute atomic E-state index is 0.523. The molecule has 0 N–H and O–H groups in total. The minimum Gasteiger partial charge on any atom is -0.457 e. The first kappa shape index (κ1) is 12.4. The molecule has 0 spiro atoms. The van der Waals surface area contributed by atoms with E-state index in [-0.39, 0.29) is 0 Å². The summed E-state index contributed by atoms with van der Waals surface area (Å²) in [6, 6.07) is 16.3. The van der Waals surface area contributed by atoms with E-state index in [0.29, 0.717) is 5.92 Å². The highest BCUT2D eigenvalue weighted by molar-refractivity contribution is 14.1. The summed E-state index contributed by atoms with van der Waals surface area (Å²) >= 11 is 2.29. The Morgan fingerprint density at radius 2 is 1.59 bits per heavy atom. The van der Waals surface area contributed by atoms with Gasteiger partial charge in [0.1, 0.15) is 11.5 Å². The molecule has 17 heavy (non-hydrogen) atoms. The molecule has 1 nitrogen and oxygen atoms in total. The van der Waals surface area contributed by atoms with Crippen LogP contribution in [0, 0.1) is 3.57 Å². The van der Waals surface area contributed by atoms with Crippen LogP contribution in [0.3, 0.4) is 0 Å². The highest BCUT2D eigenvalue weighted by atomic mass is 127. The van der Waals surface area contributed by atoms with E-state index in [2.05, 4.69) is 54.6 Å². The standard InChI is InChI=1S/C15H15IO/c1-11(2)12-5-3-7-14(9-12)17-15-8-4-6-13(16)10-15/h3-11H,1-2H3. The molecule has 0 heterocycles. The average molecular weight is 338 g/mol. The Kier molecular flexibility index (Phi) is 4.05. The number of halogens is 1. The van der Waals surface area contributed by atoms with Crippen LogP contribution in [0.4, 0.5) is 0 Å². The Bertz CT molecular complexity index is 506. The summed E-state index contributed by atoms with van der Waals surface area (Å²) in [5, 5.41) is 0. The van der Waals surface area contributed by atoms with Gasteiger partial charge in [0.15, 0.2) is 0 Å². The van der Waals surface area contributed by atoms with Crippen molar-refractivity contribution in [3.63, 3.8) is 0 Å². The second-order valence-corrected chi connectivity index (χ2v) is 5.53. The number of ether oxygens (including phenoxy) is 1. The van der Waals surface area contributed by atoms with Crippen LogP contribution in [0.2, 0.25) is 0 Å². The smallest absolute Gasteiger partial charge is 0.128 e. The quantitative estimate of drug-likeness (QED) is 0.699. The summed E-state index contributed by atoms with van der Waals surface area (Å²) in [7, 11) is 0. The molecule has 0 saturated heterocycles. The van der Waals surface area contributed by atoms with Crippen LogP contribution >= 0.6 is 22.6 Å². The van der Waals surface area contributed by atoms with Crippen molar-refractivity contribution in [3.05, 3.63) is 57.7 Å². The maximum Gasteiger partial charge on any atom is 0.128 e. The molecule has 0 aliphatic heterocycles. The van der Waals surface area contributed by atoms with Crippen molar-refractivity contribution in [3.8, 4) is 11.5 Å². The summed E-state index contributed by atoms with van der Waals surface area (Å²) in [4.78, 5) is 0. The molecule has 0 aliphatic carbocycles. The Morgan fingerprint density at radius 1 is 0.941 bits per heavy atom. The Labute approximate surface area is 116 Å². The molecule has 0 amide bonds. The van der Waals surface area contributed by atoms with Crippen molar-refractivity contribution in [2.24, 2.45) is 0 Å². The van der Waals surface area contributed by atoms with E-state index in [1.807, 2.05) is 30.3 Å². The highest BCUT2D eigenvalue weighted by Crippen LogP contribution is 2.25. The van der Waals surface area contributed by atoms with Gasteiger partial charge in [0.05, 0.1) is 0 Å². The number of benzene rings is 2. The van der Waals surface area contributed by atoms with Gasteiger partial charge >= 0.3 is 0 Å². The van der Waals surface area contributed by atoms with Crippen molar-refractivity contribution in [2.45, 2.75) is 19.8 Å². The SMILES string of the molecule is CC(C)c1cccc(Oc2cccc(I)c2)c1. The minimum atomic E-state index is 0.523. The molecule has 0 radical (unpaired) electrons. The third-order valence-corrected chi connectivity index (χ3v) is 3.23. The van der Waals surface area contributed by atoms with E-state index in [0.717, 1.165) is 11.5 Å². The Balaban J connectivity index is 2.21. The van der Waals surface area contributed by atoms with Crippen LogP contribution in [0.5, 0.6) is 11.5 Å². The van der Waals surface area contributed by atoms with Gasteiger partial charge in [-0.1, -0.05) is 32.0 Å². The maximum absolute atomic E-state index is 5.85. The summed E-state index contributed by atoms with van der Waals surface area (Å²) in [5.74, 6) is 2.31. The van der Waals surface area contributed by atoms with Crippen molar-refractivity contribution in [1.29, 1.82) is 0 Å². The number of rotatable bonds is 3. The van der Waals surface area contributed by atoms with Gasteiger partial charge in [-0.3, -0.25) is 0 Å². The van der Waals surface area contributed by atoms with Gasteiger partial charge in [-0.15, -0.1) is 0 Å². The third kappa shape index (κ3) is 3.46. The second-order valence-electron chi connectivity index (χ2n) is 4.29. The number of hydrogen-bond acceptors (Lipinski definition) is 1. The van der Waals surface area contributed by atoms with Crippen LogP contribution in [0.25, 0.3) is 0 Å². The van der Waals surface area contributed by atoms with Gasteiger partial charge in [0.2, 0.25) is 0 Å². The Morgan fingerprint density at radius 3 is 2.24 bits per heavy atom. The first-order valence-electron chi connectivity index (χ1n) is 5.68. The molecule has 0 unspecified atom stereocenters. The molecule has 0 atom stereocenters. The van der Waals surface area contributed by atoms with E-state index in [1.165, 1.54) is 9.13 Å². The van der Waals surface area contributed by atoms with Gasteiger partial charge in [-0.05, 0) is 64.4 Å². The summed E-state index contributed by atoms with van der Waals surface area (Å²) < 4.78 is 7.03. The van der Waals surface area contributed by atoms with Gasteiger partial charge in [0.25, 0.3) is 0 Å². The molecular formula is C15H15IO. The van der Waals surface area contributed by atoms with Crippen LogP contribution < -0.4 is 4.74 Å². The lowest BCUT2D eigenvalue weighted by atomic mass is 10.0. The zero-order chi connectivity index (χ0) is 12.3. The molecule has 2 heteroatoms. The molecule has 2 rings (SSSR count). The maximum atomic E-state index is 5.85. The van der Waals surface area contributed by atoms with E-state index >= 15 is 0 Å². The molecule has 88 valence electrons.